The number of carbonyl (C=O) groups excluding carboxylic acids is 1. The van der Waals surface area contributed by atoms with Gasteiger partial charge in [0.2, 0.25) is 6.29 Å². The largest absolute Gasteiger partial charge is 0.432 e. The highest BCUT2D eigenvalue weighted by molar-refractivity contribution is 5.75. The summed E-state index contributed by atoms with van der Waals surface area (Å²) in [5.74, 6) is -1.77. The minimum Gasteiger partial charge on any atom is -0.432 e. The van der Waals surface area contributed by atoms with Gasteiger partial charge in [0.15, 0.2) is 5.60 Å². The lowest BCUT2D eigenvalue weighted by atomic mass is 9.52. The Morgan fingerprint density at radius 3 is 2.79 bits per heavy atom. The second-order valence-electron chi connectivity index (χ2n) is 7.44. The van der Waals surface area contributed by atoms with E-state index in [1.54, 1.807) is 0 Å². The average molecular weight is 339 g/mol. The Kier molecular flexibility index (Phi) is 3.31. The highest BCUT2D eigenvalue weighted by atomic mass is 16.8. The lowest BCUT2D eigenvalue weighted by molar-refractivity contribution is -0.221. The van der Waals surface area contributed by atoms with E-state index in [2.05, 4.69) is 6.07 Å². The van der Waals surface area contributed by atoms with Crippen molar-refractivity contribution in [3.63, 3.8) is 0 Å². The Hall–Kier alpha value is -1.24. The number of nitrogens with zero attached hydrogens (tertiary/aromatic N) is 1. The maximum Gasteiger partial charge on any atom is 0.314 e. The molecule has 3 aliphatic heterocycles. The van der Waals surface area contributed by atoms with E-state index in [1.807, 2.05) is 13.8 Å². The molecule has 1 saturated carbocycles. The third kappa shape index (κ3) is 1.67. The third-order valence-corrected chi connectivity index (χ3v) is 6.39. The molecule has 8 atom stereocenters. The summed E-state index contributed by atoms with van der Waals surface area (Å²) in [6, 6.07) is 2.29. The Morgan fingerprint density at radius 1 is 1.42 bits per heavy atom. The molecule has 132 valence electrons. The van der Waals surface area contributed by atoms with Gasteiger partial charge in [0.1, 0.15) is 24.6 Å². The van der Waals surface area contributed by atoms with E-state index in [-0.39, 0.29) is 19.5 Å². The van der Waals surface area contributed by atoms with Crippen LogP contribution in [0.4, 0.5) is 0 Å². The van der Waals surface area contributed by atoms with Crippen LogP contribution in [0.2, 0.25) is 0 Å². The van der Waals surface area contributed by atoms with Crippen LogP contribution in [0, 0.1) is 28.6 Å². The number of fused-ring (bicyclic) bond motifs is 3. The van der Waals surface area contributed by atoms with Gasteiger partial charge in [-0.25, -0.2) is 0 Å². The van der Waals surface area contributed by atoms with Gasteiger partial charge in [-0.2, -0.15) is 5.26 Å². The first kappa shape index (κ1) is 16.2. The van der Waals surface area contributed by atoms with Gasteiger partial charge in [-0.1, -0.05) is 6.92 Å². The molecule has 0 spiro atoms. The number of nitriles is 1. The summed E-state index contributed by atoms with van der Waals surface area (Å²) in [7, 11) is 1.49. The zero-order valence-corrected chi connectivity index (χ0v) is 13.9. The second-order valence-corrected chi connectivity index (χ2v) is 7.44. The Labute approximate surface area is 139 Å². The van der Waals surface area contributed by atoms with Crippen LogP contribution in [0.1, 0.15) is 20.3 Å². The van der Waals surface area contributed by atoms with Crippen LogP contribution in [0.25, 0.3) is 0 Å². The average Bonchev–Trinajstić information content (AvgIpc) is 3.09. The highest BCUT2D eigenvalue weighted by Gasteiger charge is 2.84. The maximum atomic E-state index is 12.5. The van der Waals surface area contributed by atoms with Crippen molar-refractivity contribution in [1.29, 1.82) is 5.26 Å². The molecule has 1 aliphatic carbocycles. The monoisotopic (exact) mass is 339 g/mol. The van der Waals surface area contributed by atoms with Gasteiger partial charge in [-0.3, -0.25) is 4.79 Å². The normalized spacial score (nSPS) is 54.5. The molecule has 0 amide bonds. The molecule has 0 unspecified atom stereocenters. The Morgan fingerprint density at radius 2 is 2.17 bits per heavy atom. The number of hydrogen-bond donors (Lipinski definition) is 1. The number of rotatable bonds is 4. The smallest absolute Gasteiger partial charge is 0.314 e. The molecule has 0 aromatic rings. The van der Waals surface area contributed by atoms with E-state index in [0.29, 0.717) is 6.42 Å². The highest BCUT2D eigenvalue weighted by Crippen LogP contribution is 2.69. The molecule has 1 N–H and O–H groups in total. The molecule has 8 heteroatoms. The quantitative estimate of drug-likeness (QED) is 0.431. The van der Waals surface area contributed by atoms with Crippen molar-refractivity contribution in [2.45, 2.75) is 50.0 Å². The van der Waals surface area contributed by atoms with Crippen molar-refractivity contribution in [2.75, 3.05) is 20.5 Å². The first-order valence-electron chi connectivity index (χ1n) is 8.06. The van der Waals surface area contributed by atoms with Crippen LogP contribution in [-0.4, -0.2) is 61.3 Å². The minimum atomic E-state index is -1.29. The number of methoxy groups -OCH3 is 1. The number of esters is 1. The molecular weight excluding hydrogens is 318 g/mol. The number of epoxide rings is 1. The molecule has 0 radical (unpaired) electrons. The molecule has 4 fully saturated rings. The SMILES string of the molecule is COCO[C@H]1[C@@H]2OC(=O)[C@H](CO)[C@@]3(C)C[C@@H]4O[C@]4(C)[C@@](C#N)(O2)[C@@H]13. The fraction of sp³-hybridized carbons (Fsp3) is 0.875. The van der Waals surface area contributed by atoms with Crippen LogP contribution in [0.5, 0.6) is 0 Å². The van der Waals surface area contributed by atoms with Gasteiger partial charge in [0, 0.05) is 13.0 Å². The number of aliphatic hydroxyl groups is 1. The predicted molar refractivity (Wildman–Crippen MR) is 76.1 cm³/mol. The number of hydrogen-bond acceptors (Lipinski definition) is 8. The van der Waals surface area contributed by atoms with Crippen LogP contribution in [0.15, 0.2) is 0 Å². The molecule has 0 aromatic carbocycles. The Balaban J connectivity index is 1.87. The summed E-state index contributed by atoms with van der Waals surface area (Å²) in [5, 5.41) is 19.9. The maximum absolute atomic E-state index is 12.5. The first-order chi connectivity index (χ1) is 11.4. The molecule has 4 rings (SSSR count). The fourth-order valence-corrected chi connectivity index (χ4v) is 5.06. The molecule has 8 nitrogen and oxygen atoms in total. The van der Waals surface area contributed by atoms with E-state index in [0.717, 1.165) is 0 Å². The number of carbonyl (C=O) groups is 1. The van der Waals surface area contributed by atoms with Crippen LogP contribution in [0.3, 0.4) is 0 Å². The van der Waals surface area contributed by atoms with E-state index in [9.17, 15) is 15.2 Å². The van der Waals surface area contributed by atoms with Crippen molar-refractivity contribution in [3.05, 3.63) is 0 Å². The van der Waals surface area contributed by atoms with E-state index >= 15 is 0 Å². The van der Waals surface area contributed by atoms with Crippen molar-refractivity contribution in [1.82, 2.24) is 0 Å². The molecule has 4 aliphatic rings. The topological polar surface area (TPSA) is 111 Å². The summed E-state index contributed by atoms with van der Waals surface area (Å²) in [4.78, 5) is 12.5. The zero-order chi connectivity index (χ0) is 17.3. The molecule has 3 heterocycles. The van der Waals surface area contributed by atoms with E-state index in [1.165, 1.54) is 7.11 Å². The molecule has 3 saturated heterocycles. The summed E-state index contributed by atoms with van der Waals surface area (Å²) in [5.41, 5.74) is -2.80. The zero-order valence-electron chi connectivity index (χ0n) is 13.9. The lowest BCUT2D eigenvalue weighted by Crippen LogP contribution is -2.62. The van der Waals surface area contributed by atoms with E-state index < -0.39 is 46.8 Å². The Bertz CT molecular complexity index is 620. The molecule has 0 aromatic heterocycles. The van der Waals surface area contributed by atoms with Gasteiger partial charge >= 0.3 is 5.97 Å². The second kappa shape index (κ2) is 4.90. The van der Waals surface area contributed by atoms with Crippen LogP contribution < -0.4 is 0 Å². The number of ether oxygens (including phenoxy) is 5. The van der Waals surface area contributed by atoms with E-state index in [4.69, 9.17) is 23.7 Å². The molecule has 24 heavy (non-hydrogen) atoms. The molecule has 2 bridgehead atoms. The number of aliphatic hydroxyl groups excluding tert-OH is 1. The van der Waals surface area contributed by atoms with Gasteiger partial charge in [-0.05, 0) is 18.8 Å². The standard InChI is InChI=1S/C16H21NO7/c1-14-4-9-15(2,23-9)16(6-17)11(14)10(21-7-20-3)13(24-16)22-12(19)8(14)5-18/h8-11,13,18H,4-5,7H2,1-3H3/t8-,9-,10+,11-,13+,14+,15-,16-/m0/s1. The van der Waals surface area contributed by atoms with Crippen molar-refractivity contribution >= 4 is 5.97 Å². The van der Waals surface area contributed by atoms with Gasteiger partial charge in [-0.15, -0.1) is 0 Å². The summed E-state index contributed by atoms with van der Waals surface area (Å²) in [6.07, 6.45) is -1.34. The fourth-order valence-electron chi connectivity index (χ4n) is 5.06. The van der Waals surface area contributed by atoms with Crippen molar-refractivity contribution < 1.29 is 33.6 Å². The van der Waals surface area contributed by atoms with Crippen LogP contribution in [-0.2, 0) is 28.5 Å². The third-order valence-electron chi connectivity index (χ3n) is 6.39. The molecular formula is C16H21NO7. The lowest BCUT2D eigenvalue weighted by Gasteiger charge is -2.49. The van der Waals surface area contributed by atoms with Crippen molar-refractivity contribution in [2.24, 2.45) is 17.3 Å². The summed E-state index contributed by atoms with van der Waals surface area (Å²) >= 11 is 0. The predicted octanol–water partition coefficient (Wildman–Crippen LogP) is -0.0568. The van der Waals surface area contributed by atoms with Gasteiger partial charge in [0.25, 0.3) is 0 Å². The summed E-state index contributed by atoms with van der Waals surface area (Å²) < 4.78 is 28.0. The van der Waals surface area contributed by atoms with Gasteiger partial charge < -0.3 is 28.8 Å². The minimum absolute atomic E-state index is 0.0129. The summed E-state index contributed by atoms with van der Waals surface area (Å²) in [6.45, 7) is 3.36. The van der Waals surface area contributed by atoms with Gasteiger partial charge in [0.05, 0.1) is 18.6 Å². The van der Waals surface area contributed by atoms with Crippen molar-refractivity contribution in [3.8, 4) is 6.07 Å². The van der Waals surface area contributed by atoms with Crippen LogP contribution >= 0.6 is 0 Å². The first-order valence-corrected chi connectivity index (χ1v) is 8.06.